The predicted octanol–water partition coefficient (Wildman–Crippen LogP) is 0.489. The van der Waals surface area contributed by atoms with Gasteiger partial charge in [-0.2, -0.15) is 0 Å². The van der Waals surface area contributed by atoms with Crippen LogP contribution >= 0.6 is 0 Å². The van der Waals surface area contributed by atoms with Gasteiger partial charge in [-0.3, -0.25) is 0 Å². The van der Waals surface area contributed by atoms with Crippen LogP contribution in [0, 0.1) is 5.41 Å². The highest BCUT2D eigenvalue weighted by Crippen LogP contribution is 2.17. The number of hydrogen-bond acceptors (Lipinski definition) is 5. The maximum Gasteiger partial charge on any atom is 0.152 e. The summed E-state index contributed by atoms with van der Waals surface area (Å²) in [4.78, 5) is 7.77. The van der Waals surface area contributed by atoms with Gasteiger partial charge in [0.15, 0.2) is 5.82 Å². The molecule has 0 bridgehead atoms. The average Bonchev–Trinajstić information content (AvgIpc) is 2.17. The largest absolute Gasteiger partial charge is 0.396 e. The zero-order chi connectivity index (χ0) is 10.6. The first-order chi connectivity index (χ1) is 6.55. The molecule has 0 fully saturated rings. The Labute approximate surface area is 83.4 Å². The summed E-state index contributed by atoms with van der Waals surface area (Å²) < 4.78 is 0. The molecule has 1 heterocycles. The number of rotatable bonds is 4. The Hall–Kier alpha value is -1.36. The summed E-state index contributed by atoms with van der Waals surface area (Å²) >= 11 is 0. The third-order valence-corrected chi connectivity index (χ3v) is 1.90. The third-order valence-electron chi connectivity index (χ3n) is 1.90. The number of anilines is 2. The highest BCUT2D eigenvalue weighted by Gasteiger charge is 2.16. The van der Waals surface area contributed by atoms with E-state index in [1.165, 1.54) is 6.33 Å². The fraction of sp³-hybridized carbons (Fsp3) is 0.556. The lowest BCUT2D eigenvalue weighted by Gasteiger charge is -2.22. The molecule has 5 nitrogen and oxygen atoms in total. The fourth-order valence-electron chi connectivity index (χ4n) is 0.867. The van der Waals surface area contributed by atoms with E-state index in [1.54, 1.807) is 6.20 Å². The van der Waals surface area contributed by atoms with Crippen LogP contribution < -0.4 is 11.1 Å². The number of aromatic nitrogens is 2. The molecule has 0 aliphatic heterocycles. The molecule has 1 aromatic rings. The zero-order valence-electron chi connectivity index (χ0n) is 8.49. The van der Waals surface area contributed by atoms with Crippen LogP contribution in [0.3, 0.4) is 0 Å². The van der Waals surface area contributed by atoms with E-state index < -0.39 is 0 Å². The van der Waals surface area contributed by atoms with Crippen molar-refractivity contribution in [2.45, 2.75) is 13.8 Å². The van der Waals surface area contributed by atoms with Crippen LogP contribution in [0.1, 0.15) is 13.8 Å². The summed E-state index contributed by atoms with van der Waals surface area (Å²) in [5.74, 6) is 0.613. The quantitative estimate of drug-likeness (QED) is 0.652. The highest BCUT2D eigenvalue weighted by molar-refractivity contribution is 5.58. The lowest BCUT2D eigenvalue weighted by Crippen LogP contribution is -2.27. The molecule has 78 valence electrons. The molecule has 1 aromatic heterocycles. The van der Waals surface area contributed by atoms with Gasteiger partial charge < -0.3 is 16.2 Å². The van der Waals surface area contributed by atoms with E-state index in [0.29, 0.717) is 18.1 Å². The van der Waals surface area contributed by atoms with Crippen molar-refractivity contribution >= 4 is 11.5 Å². The minimum absolute atomic E-state index is 0.116. The number of nitrogen functional groups attached to an aromatic ring is 1. The molecule has 0 saturated heterocycles. The van der Waals surface area contributed by atoms with Gasteiger partial charge in [0, 0.05) is 18.6 Å². The molecule has 0 spiro atoms. The van der Waals surface area contributed by atoms with Crippen LogP contribution in [0.15, 0.2) is 12.5 Å². The number of aliphatic hydroxyl groups is 1. The maximum absolute atomic E-state index is 9.04. The van der Waals surface area contributed by atoms with Crippen molar-refractivity contribution in [2.75, 3.05) is 24.2 Å². The number of aliphatic hydroxyl groups excluding tert-OH is 1. The maximum atomic E-state index is 9.04. The van der Waals surface area contributed by atoms with Crippen LogP contribution in [0.25, 0.3) is 0 Å². The Kier molecular flexibility index (Phi) is 3.24. The van der Waals surface area contributed by atoms with Gasteiger partial charge in [0.1, 0.15) is 6.33 Å². The summed E-state index contributed by atoms with van der Waals surface area (Å²) in [5, 5.41) is 12.1. The van der Waals surface area contributed by atoms with Crippen LogP contribution in [0.4, 0.5) is 11.5 Å². The molecule has 4 N–H and O–H groups in total. The zero-order valence-corrected chi connectivity index (χ0v) is 8.49. The summed E-state index contributed by atoms with van der Waals surface area (Å²) in [6.07, 6.45) is 2.98. The second-order valence-corrected chi connectivity index (χ2v) is 4.00. The summed E-state index contributed by atoms with van der Waals surface area (Å²) in [7, 11) is 0. The molecule has 0 atom stereocenters. The second kappa shape index (κ2) is 4.23. The van der Waals surface area contributed by atoms with Crippen molar-refractivity contribution in [1.29, 1.82) is 0 Å². The number of nitrogens with zero attached hydrogens (tertiary/aromatic N) is 2. The minimum Gasteiger partial charge on any atom is -0.396 e. The summed E-state index contributed by atoms with van der Waals surface area (Å²) in [5.41, 5.74) is 5.97. The van der Waals surface area contributed by atoms with E-state index in [4.69, 9.17) is 10.8 Å². The molecule has 14 heavy (non-hydrogen) atoms. The normalized spacial score (nSPS) is 11.4. The van der Waals surface area contributed by atoms with Crippen LogP contribution in [-0.2, 0) is 0 Å². The van der Waals surface area contributed by atoms with Crippen molar-refractivity contribution in [1.82, 2.24) is 9.97 Å². The Balaban J connectivity index is 2.58. The molecule has 0 aromatic carbocycles. The first-order valence-corrected chi connectivity index (χ1v) is 4.45. The van der Waals surface area contributed by atoms with E-state index in [9.17, 15) is 0 Å². The molecule has 0 aliphatic carbocycles. The van der Waals surface area contributed by atoms with Crippen LogP contribution in [0.2, 0.25) is 0 Å². The molecule has 0 unspecified atom stereocenters. The first kappa shape index (κ1) is 10.7. The molecule has 1 rings (SSSR count). The SMILES string of the molecule is CC(C)(CO)CNc1ncncc1N. The smallest absolute Gasteiger partial charge is 0.152 e. The van der Waals surface area contributed by atoms with Gasteiger partial charge in [-0.1, -0.05) is 13.8 Å². The molecular formula is C9H16N4O. The standard InChI is InChI=1S/C9H16N4O/c1-9(2,5-14)4-12-8-7(10)3-11-6-13-8/h3,6,14H,4-5,10H2,1-2H3,(H,11,12,13). The van der Waals surface area contributed by atoms with Gasteiger partial charge in [-0.15, -0.1) is 0 Å². The first-order valence-electron chi connectivity index (χ1n) is 4.45. The van der Waals surface area contributed by atoms with E-state index in [2.05, 4.69) is 15.3 Å². The molecule has 5 heteroatoms. The fourth-order valence-corrected chi connectivity index (χ4v) is 0.867. The highest BCUT2D eigenvalue weighted by atomic mass is 16.3. The number of nitrogens with one attached hydrogen (secondary N) is 1. The second-order valence-electron chi connectivity index (χ2n) is 4.00. The van der Waals surface area contributed by atoms with Crippen LogP contribution in [0.5, 0.6) is 0 Å². The molecule has 0 radical (unpaired) electrons. The minimum atomic E-state index is -0.183. The molecule has 0 aliphatic rings. The number of nitrogens with two attached hydrogens (primary N) is 1. The van der Waals surface area contributed by atoms with E-state index in [1.807, 2.05) is 13.8 Å². The topological polar surface area (TPSA) is 84.1 Å². The Morgan fingerprint density at radius 3 is 2.86 bits per heavy atom. The van der Waals surface area contributed by atoms with Crippen molar-refractivity contribution < 1.29 is 5.11 Å². The van der Waals surface area contributed by atoms with Gasteiger partial charge in [0.2, 0.25) is 0 Å². The Morgan fingerprint density at radius 2 is 2.29 bits per heavy atom. The monoisotopic (exact) mass is 196 g/mol. The average molecular weight is 196 g/mol. The molecule has 0 amide bonds. The number of hydrogen-bond donors (Lipinski definition) is 3. The van der Waals surface area contributed by atoms with Crippen LogP contribution in [-0.4, -0.2) is 28.2 Å². The van der Waals surface area contributed by atoms with E-state index in [0.717, 1.165) is 0 Å². The van der Waals surface area contributed by atoms with Crippen molar-refractivity contribution in [3.05, 3.63) is 12.5 Å². The third kappa shape index (κ3) is 2.85. The summed E-state index contributed by atoms with van der Waals surface area (Å²) in [6, 6.07) is 0. The van der Waals surface area contributed by atoms with Gasteiger partial charge in [0.25, 0.3) is 0 Å². The lowest BCUT2D eigenvalue weighted by molar-refractivity contribution is 0.171. The van der Waals surface area contributed by atoms with E-state index >= 15 is 0 Å². The Bertz CT molecular complexity index is 301. The van der Waals surface area contributed by atoms with Crippen molar-refractivity contribution in [3.63, 3.8) is 0 Å². The van der Waals surface area contributed by atoms with Gasteiger partial charge in [-0.05, 0) is 0 Å². The van der Waals surface area contributed by atoms with Crippen molar-refractivity contribution in [2.24, 2.45) is 5.41 Å². The predicted molar refractivity (Wildman–Crippen MR) is 55.8 cm³/mol. The molecule has 0 saturated carbocycles. The van der Waals surface area contributed by atoms with Gasteiger partial charge in [-0.25, -0.2) is 9.97 Å². The summed E-state index contributed by atoms with van der Waals surface area (Å²) in [6.45, 7) is 4.64. The Morgan fingerprint density at radius 1 is 1.57 bits per heavy atom. The molecular weight excluding hydrogens is 180 g/mol. The van der Waals surface area contributed by atoms with Gasteiger partial charge >= 0.3 is 0 Å². The van der Waals surface area contributed by atoms with E-state index in [-0.39, 0.29) is 12.0 Å². The van der Waals surface area contributed by atoms with Gasteiger partial charge in [0.05, 0.1) is 11.9 Å². The van der Waals surface area contributed by atoms with Crippen molar-refractivity contribution in [3.8, 4) is 0 Å². The lowest BCUT2D eigenvalue weighted by atomic mass is 9.95.